The molecule has 1 atom stereocenters. The summed E-state index contributed by atoms with van der Waals surface area (Å²) in [5.41, 5.74) is 7.88. The molecular weight excluding hydrogens is 254 g/mol. The van der Waals surface area contributed by atoms with Gasteiger partial charge in [-0.3, -0.25) is 0 Å². The van der Waals surface area contributed by atoms with E-state index in [4.69, 9.17) is 10.5 Å². The van der Waals surface area contributed by atoms with Gasteiger partial charge in [-0.15, -0.1) is 0 Å². The zero-order chi connectivity index (χ0) is 14.5. The van der Waals surface area contributed by atoms with Crippen LogP contribution in [-0.4, -0.2) is 18.1 Å². The van der Waals surface area contributed by atoms with Crippen LogP contribution in [0.25, 0.3) is 0 Å². The number of nitrogens with two attached hydrogens (primary N) is 1. The predicted molar refractivity (Wildman–Crippen MR) is 78.2 cm³/mol. The number of methoxy groups -OCH3 is 1. The number of anilines is 2. The van der Waals surface area contributed by atoms with Crippen molar-refractivity contribution < 1.29 is 9.53 Å². The summed E-state index contributed by atoms with van der Waals surface area (Å²) < 4.78 is 4.84. The summed E-state index contributed by atoms with van der Waals surface area (Å²) in [5, 5.41) is 3.07. The summed E-state index contributed by atoms with van der Waals surface area (Å²) in [7, 11) is 1.36. The summed E-state index contributed by atoms with van der Waals surface area (Å²) >= 11 is 0. The second-order valence-corrected chi connectivity index (χ2v) is 4.38. The summed E-state index contributed by atoms with van der Waals surface area (Å²) in [6, 6.07) is 12.2. The Morgan fingerprint density at radius 1 is 1.25 bits per heavy atom. The Balaban J connectivity index is 2.28. The van der Waals surface area contributed by atoms with Crippen LogP contribution in [0.1, 0.15) is 17.3 Å². The third kappa shape index (κ3) is 3.06. The lowest BCUT2D eigenvalue weighted by atomic mass is 10.1. The molecule has 0 aliphatic heterocycles. The van der Waals surface area contributed by atoms with Gasteiger partial charge in [0.2, 0.25) is 0 Å². The molecule has 0 bridgehead atoms. The highest BCUT2D eigenvalue weighted by molar-refractivity contribution is 5.80. The minimum atomic E-state index is -0.600. The number of pyridine rings is 1. The predicted octanol–water partition coefficient (Wildman–Crippen LogP) is 2.30. The number of ether oxygens (including phenoxy) is 1. The second kappa shape index (κ2) is 6.06. The number of nitrogen functional groups attached to an aromatic ring is 1. The lowest BCUT2D eigenvalue weighted by molar-refractivity contribution is -0.141. The van der Waals surface area contributed by atoms with Crippen LogP contribution in [0.15, 0.2) is 42.5 Å². The smallest absolute Gasteiger partial charge is 0.333 e. The second-order valence-electron chi connectivity index (χ2n) is 4.38. The van der Waals surface area contributed by atoms with Crippen LogP contribution in [0, 0.1) is 6.92 Å². The fourth-order valence-electron chi connectivity index (χ4n) is 1.84. The number of carbonyl (C=O) groups excluding carboxylic acids is 1. The average Bonchev–Trinajstić information content (AvgIpc) is 2.48. The molecule has 0 radical (unpaired) electrons. The highest BCUT2D eigenvalue weighted by atomic mass is 16.5. The van der Waals surface area contributed by atoms with E-state index >= 15 is 0 Å². The van der Waals surface area contributed by atoms with Crippen molar-refractivity contribution in [2.24, 2.45) is 0 Å². The van der Waals surface area contributed by atoms with Crippen molar-refractivity contribution in [2.45, 2.75) is 13.0 Å². The van der Waals surface area contributed by atoms with Gasteiger partial charge in [-0.1, -0.05) is 30.3 Å². The molecule has 5 heteroatoms. The molecule has 20 heavy (non-hydrogen) atoms. The highest BCUT2D eigenvalue weighted by Crippen LogP contribution is 2.21. The van der Waals surface area contributed by atoms with Crippen molar-refractivity contribution in [1.29, 1.82) is 0 Å². The zero-order valence-corrected chi connectivity index (χ0v) is 11.5. The molecule has 0 amide bonds. The van der Waals surface area contributed by atoms with Gasteiger partial charge in [0.15, 0.2) is 6.04 Å². The fraction of sp³-hybridized carbons (Fsp3) is 0.200. The summed E-state index contributed by atoms with van der Waals surface area (Å²) in [4.78, 5) is 16.2. The first-order valence-electron chi connectivity index (χ1n) is 6.24. The molecule has 0 spiro atoms. The van der Waals surface area contributed by atoms with Crippen molar-refractivity contribution in [3.05, 3.63) is 53.7 Å². The van der Waals surface area contributed by atoms with Gasteiger partial charge in [0.05, 0.1) is 18.5 Å². The van der Waals surface area contributed by atoms with E-state index in [1.165, 1.54) is 7.11 Å². The topological polar surface area (TPSA) is 77.2 Å². The monoisotopic (exact) mass is 271 g/mol. The Kier molecular flexibility index (Phi) is 4.20. The maximum absolute atomic E-state index is 11.9. The van der Waals surface area contributed by atoms with Gasteiger partial charge < -0.3 is 15.8 Å². The van der Waals surface area contributed by atoms with E-state index < -0.39 is 6.04 Å². The van der Waals surface area contributed by atoms with Crippen molar-refractivity contribution >= 4 is 17.5 Å². The molecule has 2 aromatic rings. The molecule has 0 saturated carbocycles. The van der Waals surface area contributed by atoms with Crippen LogP contribution < -0.4 is 11.1 Å². The summed E-state index contributed by atoms with van der Waals surface area (Å²) in [6.45, 7) is 1.82. The molecule has 0 aliphatic carbocycles. The van der Waals surface area contributed by atoms with Crippen LogP contribution in [0.4, 0.5) is 11.5 Å². The number of benzene rings is 1. The first-order chi connectivity index (χ1) is 9.61. The molecule has 1 aromatic carbocycles. The molecule has 1 unspecified atom stereocenters. The number of hydrogen-bond acceptors (Lipinski definition) is 5. The Bertz CT molecular complexity index is 599. The largest absolute Gasteiger partial charge is 0.467 e. The summed E-state index contributed by atoms with van der Waals surface area (Å²) in [6.07, 6.45) is 0. The van der Waals surface area contributed by atoms with Gasteiger partial charge >= 0.3 is 5.97 Å². The first-order valence-corrected chi connectivity index (χ1v) is 6.24. The minimum Gasteiger partial charge on any atom is -0.467 e. The number of aryl methyl sites for hydroxylation is 1. The number of nitrogens with one attached hydrogen (secondary N) is 1. The number of carbonyl (C=O) groups is 1. The Morgan fingerprint density at radius 3 is 2.55 bits per heavy atom. The maximum atomic E-state index is 11.9. The van der Waals surface area contributed by atoms with Crippen molar-refractivity contribution in [1.82, 2.24) is 4.98 Å². The average molecular weight is 271 g/mol. The van der Waals surface area contributed by atoms with E-state index in [-0.39, 0.29) is 5.97 Å². The van der Waals surface area contributed by atoms with Gasteiger partial charge in [-0.05, 0) is 24.6 Å². The highest BCUT2D eigenvalue weighted by Gasteiger charge is 2.21. The zero-order valence-electron chi connectivity index (χ0n) is 11.5. The maximum Gasteiger partial charge on any atom is 0.333 e. The van der Waals surface area contributed by atoms with Crippen LogP contribution in [0.2, 0.25) is 0 Å². The van der Waals surface area contributed by atoms with Crippen molar-refractivity contribution in [2.75, 3.05) is 18.2 Å². The van der Waals surface area contributed by atoms with Crippen LogP contribution >= 0.6 is 0 Å². The quantitative estimate of drug-likeness (QED) is 0.834. The third-order valence-corrected chi connectivity index (χ3v) is 2.99. The first kappa shape index (κ1) is 13.9. The van der Waals surface area contributed by atoms with Crippen LogP contribution in [0.3, 0.4) is 0 Å². The van der Waals surface area contributed by atoms with E-state index in [0.29, 0.717) is 17.2 Å². The number of aromatic nitrogens is 1. The van der Waals surface area contributed by atoms with Crippen LogP contribution in [0.5, 0.6) is 0 Å². The molecule has 1 aromatic heterocycles. The summed E-state index contributed by atoms with van der Waals surface area (Å²) in [5.74, 6) is 0.212. The molecule has 5 nitrogen and oxygen atoms in total. The fourth-order valence-corrected chi connectivity index (χ4v) is 1.84. The molecular formula is C15H17N3O2. The van der Waals surface area contributed by atoms with Gasteiger partial charge in [-0.2, -0.15) is 0 Å². The van der Waals surface area contributed by atoms with E-state index in [0.717, 1.165) is 5.56 Å². The lowest BCUT2D eigenvalue weighted by Gasteiger charge is -2.17. The van der Waals surface area contributed by atoms with E-state index in [1.807, 2.05) is 37.3 Å². The standard InChI is InChI=1S/C15H17N3O2/c1-10-12(16)8-9-13(17-10)18-14(15(19)20-2)11-6-4-3-5-7-11/h3-9,14H,16H2,1-2H3,(H,17,18). The van der Waals surface area contributed by atoms with Crippen molar-refractivity contribution in [3.63, 3.8) is 0 Å². The molecule has 2 rings (SSSR count). The molecule has 0 saturated heterocycles. The number of esters is 1. The lowest BCUT2D eigenvalue weighted by Crippen LogP contribution is -2.22. The number of hydrogen-bond donors (Lipinski definition) is 2. The van der Waals surface area contributed by atoms with Gasteiger partial charge in [0.25, 0.3) is 0 Å². The third-order valence-electron chi connectivity index (χ3n) is 2.99. The minimum absolute atomic E-state index is 0.368. The van der Waals surface area contributed by atoms with Gasteiger partial charge in [0, 0.05) is 0 Å². The van der Waals surface area contributed by atoms with Crippen LogP contribution in [-0.2, 0) is 9.53 Å². The van der Waals surface area contributed by atoms with E-state index in [1.54, 1.807) is 12.1 Å². The SMILES string of the molecule is COC(=O)C(Nc1ccc(N)c(C)n1)c1ccccc1. The Morgan fingerprint density at radius 2 is 1.95 bits per heavy atom. The number of rotatable bonds is 4. The number of nitrogens with zero attached hydrogens (tertiary/aromatic N) is 1. The van der Waals surface area contributed by atoms with Crippen molar-refractivity contribution in [3.8, 4) is 0 Å². The van der Waals surface area contributed by atoms with E-state index in [9.17, 15) is 4.79 Å². The Labute approximate surface area is 117 Å². The molecule has 1 heterocycles. The normalized spacial score (nSPS) is 11.7. The Hall–Kier alpha value is -2.56. The molecule has 0 aliphatic rings. The van der Waals surface area contributed by atoms with Gasteiger partial charge in [0.1, 0.15) is 5.82 Å². The molecule has 0 fully saturated rings. The van der Waals surface area contributed by atoms with Gasteiger partial charge in [-0.25, -0.2) is 9.78 Å². The molecule has 104 valence electrons. The molecule has 3 N–H and O–H groups in total. The van der Waals surface area contributed by atoms with E-state index in [2.05, 4.69) is 10.3 Å².